The minimum absolute atomic E-state index is 0.309. The van der Waals surface area contributed by atoms with Gasteiger partial charge in [0.2, 0.25) is 5.95 Å². The molecule has 16 heavy (non-hydrogen) atoms. The minimum atomic E-state index is -0.352. The number of aliphatic hydroxyl groups is 1. The maximum Gasteiger partial charge on any atom is 0.239 e. The van der Waals surface area contributed by atoms with Gasteiger partial charge in [0.1, 0.15) is 5.02 Å². The fourth-order valence-corrected chi connectivity index (χ4v) is 1.42. The summed E-state index contributed by atoms with van der Waals surface area (Å²) in [6, 6.07) is 0. The van der Waals surface area contributed by atoms with Crippen LogP contribution in [0.1, 0.15) is 13.3 Å². The fraction of sp³-hybridized carbons (Fsp3) is 0.556. The molecule has 0 saturated heterocycles. The maximum absolute atomic E-state index is 9.19. The molecule has 7 heteroatoms. The van der Waals surface area contributed by atoms with Crippen LogP contribution in [0, 0.1) is 0 Å². The van der Waals surface area contributed by atoms with Crippen molar-refractivity contribution in [1.82, 2.24) is 9.97 Å². The average molecular weight is 246 g/mol. The SMILES string of the molecule is CC(O)CCN(C)c1nc(NN)ncc1Cl. The highest BCUT2D eigenvalue weighted by Crippen LogP contribution is 2.22. The second kappa shape index (κ2) is 5.83. The van der Waals surface area contributed by atoms with E-state index in [1.54, 1.807) is 6.92 Å². The first kappa shape index (κ1) is 13.0. The van der Waals surface area contributed by atoms with Gasteiger partial charge < -0.3 is 10.0 Å². The van der Waals surface area contributed by atoms with Gasteiger partial charge in [0.05, 0.1) is 12.3 Å². The Morgan fingerprint density at radius 3 is 2.94 bits per heavy atom. The summed E-state index contributed by atoms with van der Waals surface area (Å²) in [4.78, 5) is 9.86. The van der Waals surface area contributed by atoms with E-state index in [0.29, 0.717) is 29.8 Å². The Hall–Kier alpha value is -1.11. The van der Waals surface area contributed by atoms with Crippen molar-refractivity contribution in [3.8, 4) is 0 Å². The summed E-state index contributed by atoms with van der Waals surface area (Å²) >= 11 is 5.97. The number of aliphatic hydroxyl groups excluding tert-OH is 1. The van der Waals surface area contributed by atoms with Crippen LogP contribution in [0.3, 0.4) is 0 Å². The molecule has 1 unspecified atom stereocenters. The molecule has 0 spiro atoms. The second-order valence-corrected chi connectivity index (χ2v) is 3.98. The highest BCUT2D eigenvalue weighted by molar-refractivity contribution is 6.32. The number of hydrazine groups is 1. The molecule has 0 aliphatic carbocycles. The van der Waals surface area contributed by atoms with Gasteiger partial charge in [-0.15, -0.1) is 0 Å². The summed E-state index contributed by atoms with van der Waals surface area (Å²) in [5.41, 5.74) is 2.36. The molecule has 6 nitrogen and oxygen atoms in total. The molecule has 0 aliphatic heterocycles. The number of nitrogen functional groups attached to an aromatic ring is 1. The molecule has 1 aromatic rings. The fourth-order valence-electron chi connectivity index (χ4n) is 1.18. The lowest BCUT2D eigenvalue weighted by atomic mass is 10.3. The molecule has 1 rings (SSSR count). The lowest BCUT2D eigenvalue weighted by molar-refractivity contribution is 0.187. The number of nitrogens with two attached hydrogens (primary N) is 1. The number of hydrogen-bond donors (Lipinski definition) is 3. The van der Waals surface area contributed by atoms with Gasteiger partial charge in [-0.2, -0.15) is 4.98 Å². The summed E-state index contributed by atoms with van der Waals surface area (Å²) < 4.78 is 0. The average Bonchev–Trinajstić information content (AvgIpc) is 2.26. The Bertz CT molecular complexity index is 347. The molecule has 0 saturated carbocycles. The first-order valence-corrected chi connectivity index (χ1v) is 5.30. The van der Waals surface area contributed by atoms with Crippen LogP contribution in [-0.4, -0.2) is 34.8 Å². The summed E-state index contributed by atoms with van der Waals surface area (Å²) in [5, 5.41) is 9.64. The predicted octanol–water partition coefficient (Wildman–Crippen LogP) is 0.623. The topological polar surface area (TPSA) is 87.3 Å². The van der Waals surface area contributed by atoms with E-state index in [9.17, 15) is 5.11 Å². The van der Waals surface area contributed by atoms with Crippen LogP contribution in [0.25, 0.3) is 0 Å². The summed E-state index contributed by atoms with van der Waals surface area (Å²) in [6.07, 6.45) is 1.77. The molecule has 0 radical (unpaired) electrons. The first-order chi connectivity index (χ1) is 7.54. The van der Waals surface area contributed by atoms with E-state index in [0.717, 1.165) is 0 Å². The highest BCUT2D eigenvalue weighted by Gasteiger charge is 2.10. The number of rotatable bonds is 5. The van der Waals surface area contributed by atoms with E-state index in [2.05, 4.69) is 15.4 Å². The van der Waals surface area contributed by atoms with Crippen LogP contribution in [-0.2, 0) is 0 Å². The van der Waals surface area contributed by atoms with Crippen LogP contribution in [0.15, 0.2) is 6.20 Å². The number of hydrogen-bond acceptors (Lipinski definition) is 6. The smallest absolute Gasteiger partial charge is 0.239 e. The molecule has 4 N–H and O–H groups in total. The van der Waals surface area contributed by atoms with Crippen molar-refractivity contribution in [2.75, 3.05) is 23.9 Å². The van der Waals surface area contributed by atoms with Crippen molar-refractivity contribution < 1.29 is 5.11 Å². The Labute approximate surface area is 99.4 Å². The number of anilines is 2. The van der Waals surface area contributed by atoms with Crippen molar-refractivity contribution in [3.05, 3.63) is 11.2 Å². The highest BCUT2D eigenvalue weighted by atomic mass is 35.5. The quantitative estimate of drug-likeness (QED) is 0.521. The second-order valence-electron chi connectivity index (χ2n) is 3.57. The van der Waals surface area contributed by atoms with E-state index in [1.165, 1.54) is 6.20 Å². The van der Waals surface area contributed by atoms with Gasteiger partial charge in [0.15, 0.2) is 5.82 Å². The Morgan fingerprint density at radius 1 is 1.69 bits per heavy atom. The van der Waals surface area contributed by atoms with Crippen molar-refractivity contribution in [2.24, 2.45) is 5.84 Å². The van der Waals surface area contributed by atoms with Crippen molar-refractivity contribution in [2.45, 2.75) is 19.4 Å². The molecule has 1 heterocycles. The van der Waals surface area contributed by atoms with Crippen LogP contribution in [0.2, 0.25) is 5.02 Å². The van der Waals surface area contributed by atoms with Crippen LogP contribution in [0.4, 0.5) is 11.8 Å². The van der Waals surface area contributed by atoms with Crippen molar-refractivity contribution >= 4 is 23.4 Å². The first-order valence-electron chi connectivity index (χ1n) is 4.93. The summed E-state index contributed by atoms with van der Waals surface area (Å²) in [7, 11) is 1.84. The molecular formula is C9H16ClN5O. The Kier molecular flexibility index (Phi) is 4.72. The summed E-state index contributed by atoms with van der Waals surface area (Å²) in [5.74, 6) is 6.11. The largest absolute Gasteiger partial charge is 0.393 e. The van der Waals surface area contributed by atoms with Gasteiger partial charge in [-0.3, -0.25) is 5.43 Å². The van der Waals surface area contributed by atoms with E-state index in [4.69, 9.17) is 17.4 Å². The van der Waals surface area contributed by atoms with Crippen LogP contribution >= 0.6 is 11.6 Å². The van der Waals surface area contributed by atoms with Gasteiger partial charge in [-0.25, -0.2) is 10.8 Å². The van der Waals surface area contributed by atoms with Gasteiger partial charge >= 0.3 is 0 Å². The molecule has 0 fully saturated rings. The zero-order valence-corrected chi connectivity index (χ0v) is 10.1. The van der Waals surface area contributed by atoms with Gasteiger partial charge in [0.25, 0.3) is 0 Å². The number of nitrogens with one attached hydrogen (secondary N) is 1. The standard InChI is InChI=1S/C9H16ClN5O/c1-6(16)3-4-15(2)8-7(10)5-12-9(13-8)14-11/h5-6,16H,3-4,11H2,1-2H3,(H,12,13,14). The number of nitrogens with zero attached hydrogens (tertiary/aromatic N) is 3. The maximum atomic E-state index is 9.19. The summed E-state index contributed by atoms with van der Waals surface area (Å²) in [6.45, 7) is 2.39. The molecule has 1 aromatic heterocycles. The van der Waals surface area contributed by atoms with Crippen molar-refractivity contribution in [3.63, 3.8) is 0 Å². The zero-order valence-electron chi connectivity index (χ0n) is 9.31. The number of aromatic nitrogens is 2. The van der Waals surface area contributed by atoms with Gasteiger partial charge in [-0.1, -0.05) is 11.6 Å². The molecular weight excluding hydrogens is 230 g/mol. The van der Waals surface area contributed by atoms with Crippen LogP contribution in [0.5, 0.6) is 0 Å². The third-order valence-electron chi connectivity index (χ3n) is 2.10. The van der Waals surface area contributed by atoms with E-state index >= 15 is 0 Å². The monoisotopic (exact) mass is 245 g/mol. The lowest BCUT2D eigenvalue weighted by Crippen LogP contribution is -2.24. The van der Waals surface area contributed by atoms with Gasteiger partial charge in [0, 0.05) is 13.6 Å². The van der Waals surface area contributed by atoms with E-state index in [-0.39, 0.29) is 6.10 Å². The van der Waals surface area contributed by atoms with Crippen LogP contribution < -0.4 is 16.2 Å². The molecule has 0 aliphatic rings. The molecule has 0 amide bonds. The lowest BCUT2D eigenvalue weighted by Gasteiger charge is -2.20. The van der Waals surface area contributed by atoms with E-state index in [1.807, 2.05) is 11.9 Å². The minimum Gasteiger partial charge on any atom is -0.393 e. The Balaban J connectivity index is 2.76. The van der Waals surface area contributed by atoms with E-state index < -0.39 is 0 Å². The Morgan fingerprint density at radius 2 is 2.38 bits per heavy atom. The molecule has 90 valence electrons. The number of halogens is 1. The predicted molar refractivity (Wildman–Crippen MR) is 64.4 cm³/mol. The zero-order chi connectivity index (χ0) is 12.1. The molecule has 1 atom stereocenters. The molecule has 0 bridgehead atoms. The van der Waals surface area contributed by atoms with Crippen molar-refractivity contribution in [1.29, 1.82) is 0 Å². The molecule has 0 aromatic carbocycles. The van der Waals surface area contributed by atoms with Gasteiger partial charge in [-0.05, 0) is 13.3 Å². The third kappa shape index (κ3) is 3.48. The normalized spacial score (nSPS) is 12.3. The third-order valence-corrected chi connectivity index (χ3v) is 2.37.